The van der Waals surface area contributed by atoms with Crippen LogP contribution in [0.5, 0.6) is 0 Å². The highest BCUT2D eigenvalue weighted by molar-refractivity contribution is 6.30. The van der Waals surface area contributed by atoms with Crippen LogP contribution in [0.1, 0.15) is 24.2 Å². The molecule has 0 aliphatic rings. The second-order valence-electron chi connectivity index (χ2n) is 5.49. The van der Waals surface area contributed by atoms with Crippen LogP contribution in [-0.4, -0.2) is 33.1 Å². The van der Waals surface area contributed by atoms with Crippen LogP contribution < -0.4 is 5.76 Å². The van der Waals surface area contributed by atoms with E-state index >= 15 is 0 Å². The Hall–Kier alpha value is -2.74. The summed E-state index contributed by atoms with van der Waals surface area (Å²) < 4.78 is 19.4. The molecular weight excluding hydrogens is 365 g/mol. The molecule has 0 bridgehead atoms. The van der Waals surface area contributed by atoms with Gasteiger partial charge in [0.2, 0.25) is 0 Å². The zero-order valence-electron chi connectivity index (χ0n) is 13.9. The fraction of sp³-hybridized carbons (Fsp3) is 0.294. The van der Waals surface area contributed by atoms with Crippen molar-refractivity contribution in [3.63, 3.8) is 0 Å². The summed E-state index contributed by atoms with van der Waals surface area (Å²) in [4.78, 5) is 26.6. The predicted octanol–water partition coefficient (Wildman–Crippen LogP) is 3.00. The van der Waals surface area contributed by atoms with Crippen molar-refractivity contribution in [1.29, 1.82) is 0 Å². The van der Waals surface area contributed by atoms with Crippen molar-refractivity contribution in [2.45, 2.75) is 32.4 Å². The summed E-state index contributed by atoms with van der Waals surface area (Å²) in [5.74, 6) is -2.17. The van der Waals surface area contributed by atoms with Gasteiger partial charge in [0.15, 0.2) is 5.82 Å². The molecule has 2 rings (SSSR count). The van der Waals surface area contributed by atoms with E-state index in [-0.39, 0.29) is 25.2 Å². The first-order chi connectivity index (χ1) is 12.4. The van der Waals surface area contributed by atoms with Crippen LogP contribution in [0.25, 0.3) is 0 Å². The molecule has 2 aromatic rings. The van der Waals surface area contributed by atoms with Gasteiger partial charge >= 0.3 is 11.7 Å². The number of aromatic nitrogens is 2. The van der Waals surface area contributed by atoms with Gasteiger partial charge in [-0.1, -0.05) is 35.0 Å². The van der Waals surface area contributed by atoms with Gasteiger partial charge in [-0.25, -0.2) is 14.0 Å². The Morgan fingerprint density at radius 3 is 2.73 bits per heavy atom. The minimum absolute atomic E-state index is 0.115. The van der Waals surface area contributed by atoms with Crippen molar-refractivity contribution < 1.29 is 18.8 Å². The second-order valence-corrected chi connectivity index (χ2v) is 5.93. The second kappa shape index (κ2) is 9.10. The Labute approximate surface area is 153 Å². The molecule has 9 heteroatoms. The average Bonchev–Trinajstić information content (AvgIpc) is 2.91. The van der Waals surface area contributed by atoms with Crippen LogP contribution >= 0.6 is 11.6 Å². The number of rotatable bonds is 8. The van der Waals surface area contributed by atoms with Crippen molar-refractivity contribution in [1.82, 2.24) is 9.72 Å². The van der Waals surface area contributed by atoms with E-state index in [9.17, 15) is 19.1 Å². The third kappa shape index (κ3) is 5.66. The molecule has 0 amide bonds. The number of allylic oxidation sites excluding steroid dienone is 2. The number of carboxylic acid groups (broad SMARTS) is 1. The monoisotopic (exact) mass is 381 g/mol. The SMILES string of the molecule is Cc1noc(=O)n1C/C(F)=C\CCC(/N=C\c1ccc(Cl)cc1)C(=O)O. The molecule has 0 spiro atoms. The van der Waals surface area contributed by atoms with E-state index in [4.69, 9.17) is 11.6 Å². The van der Waals surface area contributed by atoms with E-state index in [1.807, 2.05) is 0 Å². The number of hydrogen-bond donors (Lipinski definition) is 1. The number of aliphatic carboxylic acids is 1. The van der Waals surface area contributed by atoms with Gasteiger partial charge in [0.05, 0.1) is 6.54 Å². The number of benzene rings is 1. The van der Waals surface area contributed by atoms with E-state index in [0.29, 0.717) is 10.6 Å². The van der Waals surface area contributed by atoms with Crippen molar-refractivity contribution in [3.8, 4) is 0 Å². The summed E-state index contributed by atoms with van der Waals surface area (Å²) >= 11 is 5.78. The number of aliphatic imine (C=N–C) groups is 1. The van der Waals surface area contributed by atoms with E-state index in [1.54, 1.807) is 24.3 Å². The Bertz CT molecular complexity index is 871. The zero-order valence-corrected chi connectivity index (χ0v) is 14.7. The summed E-state index contributed by atoms with van der Waals surface area (Å²) in [6, 6.07) is 5.76. The minimum atomic E-state index is -1.10. The lowest BCUT2D eigenvalue weighted by atomic mass is 10.1. The molecule has 0 saturated heterocycles. The topological polar surface area (TPSA) is 97.7 Å². The van der Waals surface area contributed by atoms with Gasteiger partial charge in [-0.2, -0.15) is 0 Å². The molecule has 1 aromatic heterocycles. The summed E-state index contributed by atoms with van der Waals surface area (Å²) in [5, 5.41) is 13.2. The molecule has 7 nitrogen and oxygen atoms in total. The van der Waals surface area contributed by atoms with Gasteiger partial charge in [0.25, 0.3) is 0 Å². The highest BCUT2D eigenvalue weighted by atomic mass is 35.5. The van der Waals surface area contributed by atoms with Crippen LogP contribution in [0.2, 0.25) is 5.02 Å². The van der Waals surface area contributed by atoms with E-state index in [1.165, 1.54) is 19.2 Å². The number of hydrogen-bond acceptors (Lipinski definition) is 5. The van der Waals surface area contributed by atoms with Crippen molar-refractivity contribution in [2.75, 3.05) is 0 Å². The maximum atomic E-state index is 13.9. The summed E-state index contributed by atoms with van der Waals surface area (Å²) in [6.45, 7) is 1.21. The summed E-state index contributed by atoms with van der Waals surface area (Å²) in [5.41, 5.74) is 0.713. The van der Waals surface area contributed by atoms with Gasteiger partial charge in [-0.15, -0.1) is 0 Å². The van der Waals surface area contributed by atoms with Gasteiger partial charge < -0.3 is 5.11 Å². The maximum absolute atomic E-state index is 13.9. The molecule has 1 N–H and O–H groups in total. The number of carbonyl (C=O) groups is 1. The molecule has 0 aliphatic carbocycles. The molecule has 26 heavy (non-hydrogen) atoms. The largest absolute Gasteiger partial charge is 0.480 e. The fourth-order valence-electron chi connectivity index (χ4n) is 2.11. The molecule has 138 valence electrons. The molecule has 1 heterocycles. The van der Waals surface area contributed by atoms with Gasteiger partial charge in [0, 0.05) is 11.2 Å². The van der Waals surface area contributed by atoms with Crippen LogP contribution in [0.15, 0.2) is 50.5 Å². The smallest absolute Gasteiger partial charge is 0.441 e. The van der Waals surface area contributed by atoms with Gasteiger partial charge in [-0.05, 0) is 37.5 Å². The minimum Gasteiger partial charge on any atom is -0.480 e. The molecule has 0 aliphatic heterocycles. The molecule has 0 saturated carbocycles. The van der Waals surface area contributed by atoms with Crippen LogP contribution in [0, 0.1) is 6.92 Å². The highest BCUT2D eigenvalue weighted by Gasteiger charge is 2.15. The van der Waals surface area contributed by atoms with Gasteiger partial charge in [0.1, 0.15) is 11.9 Å². The summed E-state index contributed by atoms with van der Waals surface area (Å²) in [6.07, 6.45) is 2.94. The third-order valence-electron chi connectivity index (χ3n) is 3.54. The first kappa shape index (κ1) is 19.6. The Kier molecular flexibility index (Phi) is 6.85. The lowest BCUT2D eigenvalue weighted by Crippen LogP contribution is -2.18. The van der Waals surface area contributed by atoms with Crippen LogP contribution in [-0.2, 0) is 11.3 Å². The maximum Gasteiger partial charge on any atom is 0.441 e. The number of aryl methyl sites for hydroxylation is 1. The first-order valence-corrected chi connectivity index (χ1v) is 8.14. The van der Waals surface area contributed by atoms with Crippen molar-refractivity contribution in [2.24, 2.45) is 4.99 Å². The van der Waals surface area contributed by atoms with E-state index < -0.39 is 23.6 Å². The molecule has 0 fully saturated rings. The quantitative estimate of drug-likeness (QED) is 0.709. The normalized spacial score (nSPS) is 13.3. The Morgan fingerprint density at radius 1 is 1.46 bits per heavy atom. The van der Waals surface area contributed by atoms with E-state index in [0.717, 1.165) is 4.57 Å². The van der Waals surface area contributed by atoms with Crippen LogP contribution in [0.4, 0.5) is 4.39 Å². The standard InChI is InChI=1S/C17H17ClFN3O4/c1-11-21-26-17(25)22(11)10-14(19)3-2-4-15(16(23)24)20-9-12-5-7-13(18)8-6-12/h3,5-9,15H,2,4,10H2,1H3,(H,23,24)/b14-3+,20-9-. The van der Waals surface area contributed by atoms with Crippen molar-refractivity contribution >= 4 is 23.8 Å². The lowest BCUT2D eigenvalue weighted by Gasteiger charge is -2.06. The number of carboxylic acids is 1. The Morgan fingerprint density at radius 2 is 2.15 bits per heavy atom. The zero-order chi connectivity index (χ0) is 19.1. The predicted molar refractivity (Wildman–Crippen MR) is 94.4 cm³/mol. The molecule has 1 atom stereocenters. The molecule has 1 unspecified atom stereocenters. The number of nitrogens with zero attached hydrogens (tertiary/aromatic N) is 3. The first-order valence-electron chi connectivity index (χ1n) is 7.76. The number of halogens is 2. The van der Waals surface area contributed by atoms with Gasteiger partial charge in [-0.3, -0.25) is 14.1 Å². The lowest BCUT2D eigenvalue weighted by molar-refractivity contribution is -0.138. The Balaban J connectivity index is 1.94. The molecular formula is C17H17ClFN3O4. The molecule has 0 radical (unpaired) electrons. The molecule has 1 aromatic carbocycles. The average molecular weight is 382 g/mol. The van der Waals surface area contributed by atoms with Crippen molar-refractivity contribution in [3.05, 3.63) is 63.1 Å². The third-order valence-corrected chi connectivity index (χ3v) is 3.79. The summed E-state index contributed by atoms with van der Waals surface area (Å²) in [7, 11) is 0. The highest BCUT2D eigenvalue weighted by Crippen LogP contribution is 2.11. The van der Waals surface area contributed by atoms with E-state index in [2.05, 4.69) is 14.7 Å². The van der Waals surface area contributed by atoms with Crippen LogP contribution in [0.3, 0.4) is 0 Å². The fourth-order valence-corrected chi connectivity index (χ4v) is 2.24.